The molecular weight excluding hydrogens is 212 g/mol. The van der Waals surface area contributed by atoms with Crippen LogP contribution in [0.2, 0.25) is 0 Å². The Labute approximate surface area is 103 Å². The predicted octanol–water partition coefficient (Wildman–Crippen LogP) is 2.01. The van der Waals surface area contributed by atoms with Crippen molar-refractivity contribution in [2.75, 3.05) is 11.4 Å². The van der Waals surface area contributed by atoms with Crippen molar-refractivity contribution in [3.05, 3.63) is 29.3 Å². The summed E-state index contributed by atoms with van der Waals surface area (Å²) < 4.78 is 0. The number of para-hydroxylation sites is 1. The van der Waals surface area contributed by atoms with Crippen LogP contribution in [0.3, 0.4) is 0 Å². The van der Waals surface area contributed by atoms with Gasteiger partial charge in [0, 0.05) is 24.7 Å². The smallest absolute Gasteiger partial charge is 0.228 e. The molecule has 0 saturated carbocycles. The summed E-state index contributed by atoms with van der Waals surface area (Å²) in [5.41, 5.74) is 9.29. The Hall–Kier alpha value is -1.35. The summed E-state index contributed by atoms with van der Waals surface area (Å²) in [7, 11) is 0. The van der Waals surface area contributed by atoms with E-state index in [0.29, 0.717) is 6.42 Å². The average molecular weight is 232 g/mol. The van der Waals surface area contributed by atoms with Gasteiger partial charge in [-0.1, -0.05) is 18.2 Å². The molecule has 2 rings (SSSR count). The highest BCUT2D eigenvalue weighted by Crippen LogP contribution is 2.30. The van der Waals surface area contributed by atoms with Gasteiger partial charge in [-0.25, -0.2) is 0 Å². The minimum atomic E-state index is -0.0723. The van der Waals surface area contributed by atoms with Crippen LogP contribution in [0.15, 0.2) is 18.2 Å². The first-order valence-electron chi connectivity index (χ1n) is 6.24. The Bertz CT molecular complexity index is 426. The van der Waals surface area contributed by atoms with Crippen molar-refractivity contribution in [1.82, 2.24) is 0 Å². The highest BCUT2D eigenvalue weighted by molar-refractivity contribution is 5.95. The number of nitrogens with zero attached hydrogens (tertiary/aromatic N) is 1. The lowest BCUT2D eigenvalue weighted by atomic mass is 9.97. The number of carbonyl (C=O) groups is 1. The van der Waals surface area contributed by atoms with Crippen molar-refractivity contribution in [1.29, 1.82) is 0 Å². The molecule has 1 aromatic rings. The van der Waals surface area contributed by atoms with Gasteiger partial charge in [-0.3, -0.25) is 4.79 Å². The normalized spacial score (nSPS) is 16.5. The van der Waals surface area contributed by atoms with E-state index in [0.717, 1.165) is 25.1 Å². The number of nitrogens with two attached hydrogens (primary N) is 1. The number of benzene rings is 1. The van der Waals surface area contributed by atoms with E-state index in [1.165, 1.54) is 11.1 Å². The van der Waals surface area contributed by atoms with Gasteiger partial charge in [0.2, 0.25) is 5.91 Å². The fourth-order valence-electron chi connectivity index (χ4n) is 2.48. The molecule has 92 valence electrons. The lowest BCUT2D eigenvalue weighted by Gasteiger charge is -2.31. The maximum Gasteiger partial charge on any atom is 0.228 e. The van der Waals surface area contributed by atoms with Crippen LogP contribution in [0.4, 0.5) is 5.69 Å². The van der Waals surface area contributed by atoms with E-state index in [1.807, 2.05) is 11.8 Å². The second-order valence-corrected chi connectivity index (χ2v) is 4.91. The zero-order valence-electron chi connectivity index (χ0n) is 10.6. The summed E-state index contributed by atoms with van der Waals surface area (Å²) in [6.45, 7) is 4.76. The second kappa shape index (κ2) is 4.88. The molecule has 3 heteroatoms. The van der Waals surface area contributed by atoms with Crippen molar-refractivity contribution in [2.45, 2.75) is 39.2 Å². The summed E-state index contributed by atoms with van der Waals surface area (Å²) in [4.78, 5) is 14.1. The molecule has 0 aliphatic carbocycles. The number of hydrogen-bond donors (Lipinski definition) is 1. The Morgan fingerprint density at radius 3 is 3.00 bits per heavy atom. The first-order chi connectivity index (χ1) is 8.09. The van der Waals surface area contributed by atoms with Crippen molar-refractivity contribution in [2.24, 2.45) is 5.73 Å². The largest absolute Gasteiger partial charge is 0.327 e. The molecule has 1 atom stereocenters. The van der Waals surface area contributed by atoms with Gasteiger partial charge >= 0.3 is 0 Å². The van der Waals surface area contributed by atoms with Crippen LogP contribution in [0.25, 0.3) is 0 Å². The molecule has 0 spiro atoms. The maximum absolute atomic E-state index is 12.2. The Morgan fingerprint density at radius 1 is 1.53 bits per heavy atom. The molecule has 0 fully saturated rings. The van der Waals surface area contributed by atoms with Crippen LogP contribution in [0.1, 0.15) is 30.9 Å². The maximum atomic E-state index is 12.2. The van der Waals surface area contributed by atoms with Crippen molar-refractivity contribution in [3.63, 3.8) is 0 Å². The van der Waals surface area contributed by atoms with Crippen LogP contribution in [0, 0.1) is 6.92 Å². The fraction of sp³-hybridized carbons (Fsp3) is 0.500. The molecule has 3 nitrogen and oxygen atoms in total. The highest BCUT2D eigenvalue weighted by Gasteiger charge is 2.24. The molecular formula is C14H20N2O. The minimum Gasteiger partial charge on any atom is -0.327 e. The molecule has 1 heterocycles. The van der Waals surface area contributed by atoms with Crippen LogP contribution in [-0.4, -0.2) is 18.5 Å². The van der Waals surface area contributed by atoms with Crippen LogP contribution in [0.5, 0.6) is 0 Å². The number of carbonyl (C=O) groups excluding carboxylic acids is 1. The van der Waals surface area contributed by atoms with Crippen molar-refractivity contribution < 1.29 is 4.79 Å². The molecule has 1 amide bonds. The van der Waals surface area contributed by atoms with Gasteiger partial charge in [-0.05, 0) is 37.8 Å². The number of hydrogen-bond acceptors (Lipinski definition) is 2. The number of aryl methyl sites for hydroxylation is 2. The number of amides is 1. The molecule has 0 bridgehead atoms. The van der Waals surface area contributed by atoms with Crippen LogP contribution in [-0.2, 0) is 11.2 Å². The SMILES string of the molecule is Cc1cccc2c1N(C(=O)CC(C)N)CCC2. The second-order valence-electron chi connectivity index (χ2n) is 4.91. The average Bonchev–Trinajstić information content (AvgIpc) is 2.28. The third-order valence-electron chi connectivity index (χ3n) is 3.22. The van der Waals surface area contributed by atoms with E-state index in [-0.39, 0.29) is 11.9 Å². The zero-order valence-corrected chi connectivity index (χ0v) is 10.6. The molecule has 0 saturated heterocycles. The third-order valence-corrected chi connectivity index (χ3v) is 3.22. The lowest BCUT2D eigenvalue weighted by Crippen LogP contribution is -2.38. The van der Waals surface area contributed by atoms with Gasteiger partial charge < -0.3 is 10.6 Å². The molecule has 0 radical (unpaired) electrons. The van der Waals surface area contributed by atoms with E-state index < -0.39 is 0 Å². The molecule has 2 N–H and O–H groups in total. The Balaban J connectivity index is 2.31. The molecule has 1 unspecified atom stereocenters. The lowest BCUT2D eigenvalue weighted by molar-refractivity contribution is -0.118. The van der Waals surface area contributed by atoms with Crippen molar-refractivity contribution >= 4 is 11.6 Å². The zero-order chi connectivity index (χ0) is 12.4. The molecule has 0 aromatic heterocycles. The third kappa shape index (κ3) is 2.50. The quantitative estimate of drug-likeness (QED) is 0.848. The number of anilines is 1. The van der Waals surface area contributed by atoms with Gasteiger partial charge in [0.25, 0.3) is 0 Å². The van der Waals surface area contributed by atoms with E-state index in [4.69, 9.17) is 5.73 Å². The topological polar surface area (TPSA) is 46.3 Å². The molecule has 17 heavy (non-hydrogen) atoms. The predicted molar refractivity (Wildman–Crippen MR) is 70.1 cm³/mol. The van der Waals surface area contributed by atoms with E-state index in [9.17, 15) is 4.79 Å². The standard InChI is InChI=1S/C14H20N2O/c1-10-5-3-6-12-7-4-8-16(14(10)12)13(17)9-11(2)15/h3,5-6,11H,4,7-9,15H2,1-2H3. The van der Waals surface area contributed by atoms with Crippen LogP contribution < -0.4 is 10.6 Å². The summed E-state index contributed by atoms with van der Waals surface area (Å²) in [5, 5.41) is 0. The molecule has 1 aromatic carbocycles. The van der Waals surface area contributed by atoms with Crippen LogP contribution >= 0.6 is 0 Å². The minimum absolute atomic E-state index is 0.0723. The summed E-state index contributed by atoms with van der Waals surface area (Å²) in [6.07, 6.45) is 2.54. The number of fused-ring (bicyclic) bond motifs is 1. The van der Waals surface area contributed by atoms with Gasteiger partial charge in [0.05, 0.1) is 0 Å². The first kappa shape index (κ1) is 12.1. The Morgan fingerprint density at radius 2 is 2.29 bits per heavy atom. The molecule has 1 aliphatic heterocycles. The fourth-order valence-corrected chi connectivity index (χ4v) is 2.48. The highest BCUT2D eigenvalue weighted by atomic mass is 16.2. The molecule has 1 aliphatic rings. The summed E-state index contributed by atoms with van der Waals surface area (Å²) >= 11 is 0. The number of rotatable bonds is 2. The Kier molecular flexibility index (Phi) is 3.48. The van der Waals surface area contributed by atoms with Gasteiger partial charge in [-0.2, -0.15) is 0 Å². The van der Waals surface area contributed by atoms with Gasteiger partial charge in [-0.15, -0.1) is 0 Å². The van der Waals surface area contributed by atoms with E-state index in [1.54, 1.807) is 0 Å². The monoisotopic (exact) mass is 232 g/mol. The van der Waals surface area contributed by atoms with E-state index >= 15 is 0 Å². The van der Waals surface area contributed by atoms with E-state index in [2.05, 4.69) is 25.1 Å². The summed E-state index contributed by atoms with van der Waals surface area (Å²) in [6, 6.07) is 6.18. The van der Waals surface area contributed by atoms with Crippen molar-refractivity contribution in [3.8, 4) is 0 Å². The van der Waals surface area contributed by atoms with Gasteiger partial charge in [0.1, 0.15) is 0 Å². The summed E-state index contributed by atoms with van der Waals surface area (Å²) in [5.74, 6) is 0.148. The van der Waals surface area contributed by atoms with Gasteiger partial charge in [0.15, 0.2) is 0 Å². The first-order valence-corrected chi connectivity index (χ1v) is 6.24.